The van der Waals surface area contributed by atoms with E-state index in [4.69, 9.17) is 4.52 Å². The number of aromatic hydroxyl groups is 1. The number of aromatic nitrogens is 2. The van der Waals surface area contributed by atoms with E-state index in [1.165, 1.54) is 10.6 Å². The summed E-state index contributed by atoms with van der Waals surface area (Å²) < 4.78 is 6.65. The average molecular weight is 296 g/mol. The zero-order valence-electron chi connectivity index (χ0n) is 12.4. The van der Waals surface area contributed by atoms with E-state index in [2.05, 4.69) is 5.16 Å². The van der Waals surface area contributed by atoms with E-state index in [0.29, 0.717) is 17.9 Å². The molecule has 0 spiro atoms. The summed E-state index contributed by atoms with van der Waals surface area (Å²) in [7, 11) is 0. The van der Waals surface area contributed by atoms with Gasteiger partial charge in [-0.05, 0) is 25.5 Å². The van der Waals surface area contributed by atoms with Crippen molar-refractivity contribution in [2.45, 2.75) is 20.4 Å². The van der Waals surface area contributed by atoms with Crippen molar-refractivity contribution in [3.8, 4) is 16.9 Å². The minimum absolute atomic E-state index is 0.284. The van der Waals surface area contributed by atoms with Crippen LogP contribution in [0.15, 0.2) is 51.9 Å². The lowest BCUT2D eigenvalue weighted by molar-refractivity contribution is 0.393. The molecule has 0 unspecified atom stereocenters. The Bertz CT molecular complexity index is 844. The van der Waals surface area contributed by atoms with E-state index in [1.807, 2.05) is 37.3 Å². The van der Waals surface area contributed by atoms with Crippen molar-refractivity contribution in [2.24, 2.45) is 0 Å². The fraction of sp³-hybridized carbons (Fsp3) is 0.176. The molecule has 2 aromatic heterocycles. The number of rotatable bonds is 3. The Morgan fingerprint density at radius 1 is 1.23 bits per heavy atom. The predicted molar refractivity (Wildman–Crippen MR) is 82.9 cm³/mol. The quantitative estimate of drug-likeness (QED) is 0.807. The molecule has 0 aliphatic heterocycles. The maximum Gasteiger partial charge on any atom is 0.292 e. The minimum atomic E-state index is -0.417. The third-order valence-corrected chi connectivity index (χ3v) is 3.58. The zero-order chi connectivity index (χ0) is 15.7. The van der Waals surface area contributed by atoms with Crippen LogP contribution >= 0.6 is 0 Å². The Labute approximate surface area is 127 Å². The van der Waals surface area contributed by atoms with Crippen molar-refractivity contribution < 1.29 is 9.63 Å². The highest BCUT2D eigenvalue weighted by Gasteiger charge is 2.15. The number of benzene rings is 1. The molecule has 5 nitrogen and oxygen atoms in total. The van der Waals surface area contributed by atoms with E-state index in [-0.39, 0.29) is 5.75 Å². The first-order valence-electron chi connectivity index (χ1n) is 6.97. The second-order valence-corrected chi connectivity index (χ2v) is 5.23. The molecule has 5 heteroatoms. The first-order valence-corrected chi connectivity index (χ1v) is 6.97. The summed E-state index contributed by atoms with van der Waals surface area (Å²) in [5.41, 5.74) is 2.81. The van der Waals surface area contributed by atoms with Gasteiger partial charge in [0.2, 0.25) is 0 Å². The summed E-state index contributed by atoms with van der Waals surface area (Å²) in [6.07, 6.45) is 1.72. The van der Waals surface area contributed by atoms with Gasteiger partial charge in [0, 0.05) is 17.3 Å². The Morgan fingerprint density at radius 3 is 2.59 bits per heavy atom. The topological polar surface area (TPSA) is 68.3 Å². The Balaban J connectivity index is 2.10. The number of nitrogens with zero attached hydrogens (tertiary/aromatic N) is 2. The van der Waals surface area contributed by atoms with Crippen LogP contribution in [0.1, 0.15) is 17.0 Å². The van der Waals surface area contributed by atoms with Crippen molar-refractivity contribution >= 4 is 0 Å². The van der Waals surface area contributed by atoms with Crippen LogP contribution in [0.4, 0.5) is 0 Å². The van der Waals surface area contributed by atoms with Crippen molar-refractivity contribution in [3.05, 3.63) is 70.0 Å². The largest absolute Gasteiger partial charge is 0.503 e. The zero-order valence-corrected chi connectivity index (χ0v) is 12.4. The van der Waals surface area contributed by atoms with Gasteiger partial charge in [-0.25, -0.2) is 0 Å². The van der Waals surface area contributed by atoms with Crippen LogP contribution < -0.4 is 5.56 Å². The molecule has 0 saturated carbocycles. The van der Waals surface area contributed by atoms with Gasteiger partial charge in [0.25, 0.3) is 5.56 Å². The molecular formula is C17H16N2O3. The van der Waals surface area contributed by atoms with Gasteiger partial charge >= 0.3 is 0 Å². The normalized spacial score (nSPS) is 10.8. The van der Waals surface area contributed by atoms with E-state index in [1.54, 1.807) is 13.1 Å². The molecule has 1 aromatic carbocycles. The van der Waals surface area contributed by atoms with E-state index in [9.17, 15) is 9.90 Å². The van der Waals surface area contributed by atoms with Gasteiger partial charge in [-0.3, -0.25) is 4.79 Å². The average Bonchev–Trinajstić information content (AvgIpc) is 2.84. The van der Waals surface area contributed by atoms with Crippen LogP contribution in [0.3, 0.4) is 0 Å². The molecular weight excluding hydrogens is 280 g/mol. The number of hydrogen-bond acceptors (Lipinski definition) is 4. The van der Waals surface area contributed by atoms with Crippen LogP contribution in [0.5, 0.6) is 5.75 Å². The number of hydrogen-bond donors (Lipinski definition) is 1. The fourth-order valence-electron chi connectivity index (χ4n) is 2.55. The van der Waals surface area contributed by atoms with Gasteiger partial charge in [-0.15, -0.1) is 0 Å². The van der Waals surface area contributed by atoms with Crippen LogP contribution in [-0.4, -0.2) is 14.8 Å². The molecule has 0 bridgehead atoms. The Hall–Kier alpha value is -2.82. The lowest BCUT2D eigenvalue weighted by atomic mass is 10.1. The summed E-state index contributed by atoms with van der Waals surface area (Å²) in [6.45, 7) is 4.03. The highest BCUT2D eigenvalue weighted by Crippen LogP contribution is 2.27. The Morgan fingerprint density at radius 2 is 1.95 bits per heavy atom. The first-order chi connectivity index (χ1) is 10.6. The minimum Gasteiger partial charge on any atom is -0.503 e. The molecule has 0 aliphatic rings. The van der Waals surface area contributed by atoms with Crippen molar-refractivity contribution in [2.75, 3.05) is 0 Å². The maximum absolute atomic E-state index is 12.1. The van der Waals surface area contributed by atoms with Gasteiger partial charge in [0.05, 0.1) is 12.2 Å². The molecule has 0 radical (unpaired) electrons. The van der Waals surface area contributed by atoms with Gasteiger partial charge in [0.15, 0.2) is 5.75 Å². The van der Waals surface area contributed by atoms with E-state index < -0.39 is 5.56 Å². The molecule has 0 saturated heterocycles. The van der Waals surface area contributed by atoms with Crippen molar-refractivity contribution in [3.63, 3.8) is 0 Å². The summed E-state index contributed by atoms with van der Waals surface area (Å²) in [6, 6.07) is 11.1. The van der Waals surface area contributed by atoms with Crippen molar-refractivity contribution in [1.29, 1.82) is 0 Å². The van der Waals surface area contributed by atoms with Gasteiger partial charge in [-0.1, -0.05) is 35.5 Å². The number of pyridine rings is 1. The van der Waals surface area contributed by atoms with E-state index in [0.717, 1.165) is 16.8 Å². The molecule has 22 heavy (non-hydrogen) atoms. The van der Waals surface area contributed by atoms with E-state index >= 15 is 0 Å². The van der Waals surface area contributed by atoms with Crippen molar-refractivity contribution in [1.82, 2.24) is 9.72 Å². The summed E-state index contributed by atoms with van der Waals surface area (Å²) >= 11 is 0. The van der Waals surface area contributed by atoms with Gasteiger partial charge in [0.1, 0.15) is 5.76 Å². The molecule has 0 fully saturated rings. The highest BCUT2D eigenvalue weighted by molar-refractivity contribution is 5.67. The fourth-order valence-corrected chi connectivity index (χ4v) is 2.55. The van der Waals surface area contributed by atoms with Crippen LogP contribution in [-0.2, 0) is 6.54 Å². The molecule has 3 aromatic rings. The summed E-state index contributed by atoms with van der Waals surface area (Å²) in [5.74, 6) is 0.371. The number of aryl methyl sites for hydroxylation is 2. The Kier molecular flexibility index (Phi) is 3.55. The first kappa shape index (κ1) is 14.1. The molecule has 3 rings (SSSR count). The summed E-state index contributed by atoms with van der Waals surface area (Å²) in [5, 5.41) is 13.9. The third kappa shape index (κ3) is 2.53. The van der Waals surface area contributed by atoms with Crippen LogP contribution in [0.2, 0.25) is 0 Å². The molecule has 0 atom stereocenters. The van der Waals surface area contributed by atoms with Gasteiger partial charge in [-0.2, -0.15) is 0 Å². The SMILES string of the molecule is Cc1noc(C)c1-c1cc(O)c(=O)n(Cc2ccccc2)c1. The second kappa shape index (κ2) is 5.52. The molecule has 2 heterocycles. The lowest BCUT2D eigenvalue weighted by Gasteiger charge is -2.09. The third-order valence-electron chi connectivity index (χ3n) is 3.58. The standard InChI is InChI=1S/C17H16N2O3/c1-11-16(12(2)22-18-11)14-8-15(20)17(21)19(10-14)9-13-6-4-3-5-7-13/h3-8,10,20H,9H2,1-2H3. The lowest BCUT2D eigenvalue weighted by Crippen LogP contribution is -2.20. The summed E-state index contributed by atoms with van der Waals surface area (Å²) in [4.78, 5) is 12.1. The van der Waals surface area contributed by atoms with Gasteiger partial charge < -0.3 is 14.2 Å². The van der Waals surface area contributed by atoms with Crippen LogP contribution in [0.25, 0.3) is 11.1 Å². The molecule has 0 amide bonds. The predicted octanol–water partition coefficient (Wildman–Crippen LogP) is 2.87. The molecule has 1 N–H and O–H groups in total. The highest BCUT2D eigenvalue weighted by atomic mass is 16.5. The monoisotopic (exact) mass is 296 g/mol. The maximum atomic E-state index is 12.1. The smallest absolute Gasteiger partial charge is 0.292 e. The van der Waals surface area contributed by atoms with Crippen LogP contribution in [0, 0.1) is 13.8 Å². The second-order valence-electron chi connectivity index (χ2n) is 5.23. The molecule has 112 valence electrons. The molecule has 0 aliphatic carbocycles.